The lowest BCUT2D eigenvalue weighted by Gasteiger charge is -2.34. The summed E-state index contributed by atoms with van der Waals surface area (Å²) in [5.41, 5.74) is 1.24. The van der Waals surface area contributed by atoms with Crippen molar-refractivity contribution in [2.75, 3.05) is 19.6 Å². The average Bonchev–Trinajstić information content (AvgIpc) is 2.95. The molecule has 0 aromatic carbocycles. The van der Waals surface area contributed by atoms with Crippen molar-refractivity contribution in [2.24, 2.45) is 0 Å². The lowest BCUT2D eigenvalue weighted by molar-refractivity contribution is 0.0485. The fourth-order valence-electron chi connectivity index (χ4n) is 3.65. The number of nitrogens with one attached hydrogen (secondary N) is 1. The number of pyridine rings is 1. The highest BCUT2D eigenvalue weighted by molar-refractivity contribution is 5.26. The monoisotopic (exact) mass is 343 g/mol. The van der Waals surface area contributed by atoms with Crippen molar-refractivity contribution in [3.8, 4) is 0 Å². The van der Waals surface area contributed by atoms with Crippen molar-refractivity contribution in [2.45, 2.75) is 51.8 Å². The summed E-state index contributed by atoms with van der Waals surface area (Å²) < 4.78 is 5.56. The standard InChI is InChI=1S/C20H29N3O2/c1-15-11-19(16(2)25-15)20(3,24)14-22-18-6-9-23(10-7-18)13-17-5-4-8-21-12-17/h4-5,8,11-12,18,22,24H,6-7,9-10,13-14H2,1-3H3. The second-order valence-corrected chi connectivity index (χ2v) is 7.39. The second kappa shape index (κ2) is 7.68. The van der Waals surface area contributed by atoms with Crippen molar-refractivity contribution >= 4 is 0 Å². The van der Waals surface area contributed by atoms with Crippen LogP contribution in [0.4, 0.5) is 0 Å². The molecule has 1 atom stereocenters. The van der Waals surface area contributed by atoms with Crippen molar-refractivity contribution < 1.29 is 9.52 Å². The predicted octanol–water partition coefficient (Wildman–Crippen LogP) is 2.75. The minimum absolute atomic E-state index is 0.449. The normalized spacial score (nSPS) is 19.0. The molecule has 1 saturated heterocycles. The largest absolute Gasteiger partial charge is 0.466 e. The highest BCUT2D eigenvalue weighted by Gasteiger charge is 2.29. The van der Waals surface area contributed by atoms with Crippen LogP contribution in [0.25, 0.3) is 0 Å². The Bertz CT molecular complexity index is 674. The van der Waals surface area contributed by atoms with Gasteiger partial charge in [-0.25, -0.2) is 0 Å². The van der Waals surface area contributed by atoms with Crippen LogP contribution in [0, 0.1) is 13.8 Å². The zero-order chi connectivity index (χ0) is 17.9. The minimum Gasteiger partial charge on any atom is -0.466 e. The molecule has 3 heterocycles. The van der Waals surface area contributed by atoms with Gasteiger partial charge in [0.25, 0.3) is 0 Å². The molecule has 5 heteroatoms. The maximum absolute atomic E-state index is 10.8. The van der Waals surface area contributed by atoms with Crippen LogP contribution in [0.15, 0.2) is 35.0 Å². The molecule has 0 bridgehead atoms. The van der Waals surface area contributed by atoms with Crippen LogP contribution in [0.5, 0.6) is 0 Å². The molecule has 2 N–H and O–H groups in total. The molecule has 1 aliphatic rings. The first-order chi connectivity index (χ1) is 11.9. The molecule has 1 aliphatic heterocycles. The van der Waals surface area contributed by atoms with Crippen LogP contribution in [0.3, 0.4) is 0 Å². The lowest BCUT2D eigenvalue weighted by atomic mass is 9.95. The number of hydrogen-bond donors (Lipinski definition) is 2. The van der Waals surface area contributed by atoms with Gasteiger partial charge < -0.3 is 14.8 Å². The fraction of sp³-hybridized carbons (Fsp3) is 0.550. The van der Waals surface area contributed by atoms with Crippen LogP contribution in [0.2, 0.25) is 0 Å². The van der Waals surface area contributed by atoms with E-state index in [0.717, 1.165) is 49.6 Å². The van der Waals surface area contributed by atoms with Gasteiger partial charge in [-0.2, -0.15) is 0 Å². The van der Waals surface area contributed by atoms with Gasteiger partial charge in [0.1, 0.15) is 17.1 Å². The Morgan fingerprint density at radius 2 is 2.12 bits per heavy atom. The highest BCUT2D eigenvalue weighted by Crippen LogP contribution is 2.27. The lowest BCUT2D eigenvalue weighted by Crippen LogP contribution is -2.46. The van der Waals surface area contributed by atoms with Crippen molar-refractivity contribution in [3.63, 3.8) is 0 Å². The van der Waals surface area contributed by atoms with Crippen LogP contribution < -0.4 is 5.32 Å². The summed E-state index contributed by atoms with van der Waals surface area (Å²) in [5, 5.41) is 14.4. The maximum atomic E-state index is 10.8. The molecular weight excluding hydrogens is 314 g/mol. The number of nitrogens with zero attached hydrogens (tertiary/aromatic N) is 2. The van der Waals surface area contributed by atoms with Crippen molar-refractivity contribution in [1.29, 1.82) is 0 Å². The first kappa shape index (κ1) is 18.1. The molecule has 5 nitrogen and oxygen atoms in total. The van der Waals surface area contributed by atoms with E-state index in [-0.39, 0.29) is 0 Å². The van der Waals surface area contributed by atoms with Crippen molar-refractivity contribution in [3.05, 3.63) is 53.2 Å². The zero-order valence-corrected chi connectivity index (χ0v) is 15.5. The number of furan rings is 1. The average molecular weight is 343 g/mol. The van der Waals surface area contributed by atoms with E-state index in [1.54, 1.807) is 0 Å². The van der Waals surface area contributed by atoms with Crippen LogP contribution in [0.1, 0.15) is 42.4 Å². The van der Waals surface area contributed by atoms with E-state index < -0.39 is 5.60 Å². The smallest absolute Gasteiger partial charge is 0.107 e. The number of likely N-dealkylation sites (tertiary alicyclic amines) is 1. The quantitative estimate of drug-likeness (QED) is 0.844. The maximum Gasteiger partial charge on any atom is 0.107 e. The molecule has 0 amide bonds. The number of aliphatic hydroxyl groups is 1. The molecule has 1 unspecified atom stereocenters. The molecule has 3 rings (SSSR count). The predicted molar refractivity (Wildman–Crippen MR) is 98.3 cm³/mol. The summed E-state index contributed by atoms with van der Waals surface area (Å²) in [6, 6.07) is 6.51. The third-order valence-corrected chi connectivity index (χ3v) is 5.07. The summed E-state index contributed by atoms with van der Waals surface area (Å²) in [6.07, 6.45) is 5.95. The number of aromatic nitrogens is 1. The Hall–Kier alpha value is -1.69. The minimum atomic E-state index is -0.908. The van der Waals surface area contributed by atoms with Gasteiger partial charge in [0.2, 0.25) is 0 Å². The number of rotatable bonds is 6. The third kappa shape index (κ3) is 4.69. The second-order valence-electron chi connectivity index (χ2n) is 7.39. The molecule has 0 radical (unpaired) electrons. The number of aryl methyl sites for hydroxylation is 2. The molecule has 0 saturated carbocycles. The topological polar surface area (TPSA) is 61.5 Å². The number of piperidine rings is 1. The first-order valence-electron chi connectivity index (χ1n) is 9.08. The van der Waals surface area contributed by atoms with Crippen LogP contribution >= 0.6 is 0 Å². The molecular formula is C20H29N3O2. The fourth-order valence-corrected chi connectivity index (χ4v) is 3.65. The van der Waals surface area contributed by atoms with Gasteiger partial charge in [0.15, 0.2) is 0 Å². The van der Waals surface area contributed by atoms with Gasteiger partial charge in [-0.15, -0.1) is 0 Å². The van der Waals surface area contributed by atoms with Crippen LogP contribution in [-0.4, -0.2) is 40.7 Å². The van der Waals surface area contributed by atoms with Crippen molar-refractivity contribution in [1.82, 2.24) is 15.2 Å². The molecule has 136 valence electrons. The third-order valence-electron chi connectivity index (χ3n) is 5.07. The Morgan fingerprint density at radius 1 is 1.36 bits per heavy atom. The summed E-state index contributed by atoms with van der Waals surface area (Å²) in [6.45, 7) is 9.32. The first-order valence-corrected chi connectivity index (χ1v) is 9.08. The summed E-state index contributed by atoms with van der Waals surface area (Å²) in [7, 11) is 0. The molecule has 0 aliphatic carbocycles. The Balaban J connectivity index is 1.47. The van der Waals surface area contributed by atoms with E-state index in [9.17, 15) is 5.11 Å². The van der Waals surface area contributed by atoms with E-state index in [1.165, 1.54) is 5.56 Å². The van der Waals surface area contributed by atoms with Gasteiger partial charge >= 0.3 is 0 Å². The molecule has 1 fully saturated rings. The summed E-state index contributed by atoms with van der Waals surface area (Å²) >= 11 is 0. The Kier molecular flexibility index (Phi) is 5.57. The van der Waals surface area contributed by atoms with Gasteiger partial charge in [-0.05, 0) is 64.4 Å². The van der Waals surface area contributed by atoms with E-state index in [2.05, 4.69) is 21.3 Å². The number of hydrogen-bond acceptors (Lipinski definition) is 5. The van der Waals surface area contributed by atoms with Gasteiger partial charge in [-0.3, -0.25) is 9.88 Å². The Morgan fingerprint density at radius 3 is 2.72 bits per heavy atom. The van der Waals surface area contributed by atoms with Gasteiger partial charge in [0.05, 0.1) is 0 Å². The molecule has 25 heavy (non-hydrogen) atoms. The molecule has 2 aromatic heterocycles. The van der Waals surface area contributed by atoms with E-state index in [0.29, 0.717) is 12.6 Å². The van der Waals surface area contributed by atoms with E-state index >= 15 is 0 Å². The van der Waals surface area contributed by atoms with Gasteiger partial charge in [0, 0.05) is 37.1 Å². The molecule has 0 spiro atoms. The molecule has 2 aromatic rings. The summed E-state index contributed by atoms with van der Waals surface area (Å²) in [4.78, 5) is 6.65. The highest BCUT2D eigenvalue weighted by atomic mass is 16.3. The Labute approximate surface area is 150 Å². The van der Waals surface area contributed by atoms with Crippen LogP contribution in [-0.2, 0) is 12.1 Å². The zero-order valence-electron chi connectivity index (χ0n) is 15.5. The van der Waals surface area contributed by atoms with E-state index in [1.807, 2.05) is 45.3 Å². The van der Waals surface area contributed by atoms with Gasteiger partial charge in [-0.1, -0.05) is 6.07 Å². The van der Waals surface area contributed by atoms with E-state index in [4.69, 9.17) is 4.42 Å². The SMILES string of the molecule is Cc1cc(C(C)(O)CNC2CCN(Cc3cccnc3)CC2)c(C)o1. The summed E-state index contributed by atoms with van der Waals surface area (Å²) in [5.74, 6) is 1.65.